The molecule has 2 N–H and O–H groups in total. The summed E-state index contributed by atoms with van der Waals surface area (Å²) in [5.41, 5.74) is -0.295. The third-order valence-corrected chi connectivity index (χ3v) is 5.88. The lowest BCUT2D eigenvalue weighted by molar-refractivity contribution is 0.0764. The minimum Gasteiger partial charge on any atom is -0.389 e. The van der Waals surface area contributed by atoms with Gasteiger partial charge in [-0.25, -0.2) is 4.79 Å². The van der Waals surface area contributed by atoms with Crippen molar-refractivity contribution in [2.24, 2.45) is 0 Å². The van der Waals surface area contributed by atoms with Gasteiger partial charge in [-0.15, -0.1) is 0 Å². The quantitative estimate of drug-likeness (QED) is 0.765. The van der Waals surface area contributed by atoms with E-state index in [9.17, 15) is 23.9 Å². The molecular formula is C21H25FN4O4. The number of nitrogens with zero attached hydrogens (tertiary/aromatic N) is 3. The molecule has 9 heteroatoms. The van der Waals surface area contributed by atoms with E-state index < -0.39 is 29.2 Å². The van der Waals surface area contributed by atoms with Gasteiger partial charge in [0.25, 0.3) is 11.5 Å². The van der Waals surface area contributed by atoms with Crippen molar-refractivity contribution in [2.45, 2.75) is 38.0 Å². The van der Waals surface area contributed by atoms with Crippen LogP contribution in [0.3, 0.4) is 0 Å². The molecule has 1 aromatic carbocycles. The summed E-state index contributed by atoms with van der Waals surface area (Å²) < 4.78 is 14.5. The fourth-order valence-corrected chi connectivity index (χ4v) is 4.23. The van der Waals surface area contributed by atoms with Gasteiger partial charge in [-0.2, -0.15) is 4.39 Å². The summed E-state index contributed by atoms with van der Waals surface area (Å²) in [7, 11) is 0. The van der Waals surface area contributed by atoms with Gasteiger partial charge in [-0.1, -0.05) is 18.6 Å². The number of nitrogens with one attached hydrogen (secondary N) is 1. The highest BCUT2D eigenvalue weighted by Gasteiger charge is 2.36. The zero-order valence-electron chi connectivity index (χ0n) is 16.6. The van der Waals surface area contributed by atoms with E-state index in [1.54, 1.807) is 12.1 Å². The zero-order chi connectivity index (χ0) is 21.3. The molecule has 1 amide bonds. The monoisotopic (exact) mass is 416 g/mol. The second-order valence-corrected chi connectivity index (χ2v) is 8.02. The van der Waals surface area contributed by atoms with Crippen molar-refractivity contribution >= 4 is 5.91 Å². The highest BCUT2D eigenvalue weighted by atomic mass is 19.1. The number of aromatic nitrogens is 2. The van der Waals surface area contributed by atoms with E-state index in [-0.39, 0.29) is 19.0 Å². The molecule has 2 fully saturated rings. The number of piperidine rings is 1. The second kappa shape index (κ2) is 8.53. The van der Waals surface area contributed by atoms with Crippen molar-refractivity contribution in [3.8, 4) is 0 Å². The number of halogens is 1. The molecule has 2 atom stereocenters. The average Bonchev–Trinajstić information content (AvgIpc) is 3.13. The Morgan fingerprint density at radius 2 is 1.80 bits per heavy atom. The lowest BCUT2D eigenvalue weighted by Crippen LogP contribution is -2.37. The largest absolute Gasteiger partial charge is 0.389 e. The molecule has 2 aromatic rings. The third kappa shape index (κ3) is 4.22. The number of benzene rings is 1. The molecule has 2 aliphatic heterocycles. The molecule has 0 radical (unpaired) electrons. The molecule has 0 unspecified atom stereocenters. The molecule has 8 nitrogen and oxygen atoms in total. The summed E-state index contributed by atoms with van der Waals surface area (Å²) in [6, 6.07) is 6.59. The molecule has 30 heavy (non-hydrogen) atoms. The first kappa shape index (κ1) is 20.5. The number of rotatable bonds is 4. The Morgan fingerprint density at radius 1 is 1.10 bits per heavy atom. The molecule has 4 rings (SSSR count). The maximum Gasteiger partial charge on any atom is 0.328 e. The van der Waals surface area contributed by atoms with E-state index in [0.717, 1.165) is 36.0 Å². The van der Waals surface area contributed by atoms with Gasteiger partial charge in [0, 0.05) is 25.2 Å². The molecule has 3 heterocycles. The van der Waals surface area contributed by atoms with Crippen molar-refractivity contribution in [3.63, 3.8) is 0 Å². The van der Waals surface area contributed by atoms with Crippen LogP contribution in [0.4, 0.5) is 4.39 Å². The first-order valence-corrected chi connectivity index (χ1v) is 10.2. The summed E-state index contributed by atoms with van der Waals surface area (Å²) >= 11 is 0. The number of hydrogen-bond acceptors (Lipinski definition) is 5. The summed E-state index contributed by atoms with van der Waals surface area (Å²) in [5.74, 6) is -1.38. The number of amides is 1. The predicted molar refractivity (Wildman–Crippen MR) is 108 cm³/mol. The van der Waals surface area contributed by atoms with Crippen LogP contribution in [0.2, 0.25) is 0 Å². The third-order valence-electron chi connectivity index (χ3n) is 5.88. The van der Waals surface area contributed by atoms with Crippen molar-refractivity contribution in [3.05, 3.63) is 68.2 Å². The molecular weight excluding hydrogens is 391 g/mol. The molecule has 2 saturated heterocycles. The van der Waals surface area contributed by atoms with Crippen LogP contribution in [0.5, 0.6) is 0 Å². The number of hydrogen-bond donors (Lipinski definition) is 2. The summed E-state index contributed by atoms with van der Waals surface area (Å²) in [5, 5.41) is 10.3. The Balaban J connectivity index is 1.44. The van der Waals surface area contributed by atoms with Crippen molar-refractivity contribution in [1.29, 1.82) is 0 Å². The van der Waals surface area contributed by atoms with Gasteiger partial charge in [0.1, 0.15) is 0 Å². The van der Waals surface area contributed by atoms with Crippen LogP contribution < -0.4 is 11.2 Å². The van der Waals surface area contributed by atoms with E-state index in [0.29, 0.717) is 5.56 Å². The van der Waals surface area contributed by atoms with Crippen LogP contribution in [0, 0.1) is 5.82 Å². The highest BCUT2D eigenvalue weighted by molar-refractivity contribution is 5.94. The average molecular weight is 416 g/mol. The number of carbonyl (C=O) groups is 1. The normalized spacial score (nSPS) is 22.4. The topological polar surface area (TPSA) is 98.6 Å². The Bertz CT molecular complexity index is 1030. The predicted octanol–water partition coefficient (Wildman–Crippen LogP) is 0.720. The van der Waals surface area contributed by atoms with Crippen LogP contribution in [0.25, 0.3) is 0 Å². The van der Waals surface area contributed by atoms with Crippen LogP contribution in [-0.4, -0.2) is 62.6 Å². The lowest BCUT2D eigenvalue weighted by Gasteiger charge is -2.26. The minimum absolute atomic E-state index is 0.0201. The molecule has 1 aromatic heterocycles. The van der Waals surface area contributed by atoms with E-state index in [1.165, 1.54) is 24.2 Å². The second-order valence-electron chi connectivity index (χ2n) is 8.02. The van der Waals surface area contributed by atoms with Gasteiger partial charge in [-0.05, 0) is 43.6 Å². The van der Waals surface area contributed by atoms with Gasteiger partial charge in [0.05, 0.1) is 18.3 Å². The maximum absolute atomic E-state index is 13.6. The Hall–Kier alpha value is -2.78. The van der Waals surface area contributed by atoms with Gasteiger partial charge < -0.3 is 10.0 Å². The first-order valence-electron chi connectivity index (χ1n) is 10.2. The van der Waals surface area contributed by atoms with E-state index in [1.807, 2.05) is 17.1 Å². The van der Waals surface area contributed by atoms with Crippen molar-refractivity contribution < 1.29 is 14.3 Å². The smallest absolute Gasteiger partial charge is 0.328 e. The standard InChI is InChI=1S/C21H25FN4O4/c22-16-11-26(21(30)23-19(16)28)17-12-25(13-18(17)27)20(29)15-6-4-14(5-7-15)10-24-8-2-1-3-9-24/h4-7,11,17-18,27H,1-3,8-10,12-13H2,(H,23,28,30)/t17-,18-/m0/s1. The Labute approximate surface area is 172 Å². The fraction of sp³-hybridized carbons (Fsp3) is 0.476. The van der Waals surface area contributed by atoms with Crippen LogP contribution in [0.15, 0.2) is 40.1 Å². The number of H-pyrrole nitrogens is 1. The number of likely N-dealkylation sites (tertiary alicyclic amines) is 2. The van der Waals surface area contributed by atoms with Crippen molar-refractivity contribution in [1.82, 2.24) is 19.4 Å². The van der Waals surface area contributed by atoms with Gasteiger partial charge in [0.15, 0.2) is 0 Å². The van der Waals surface area contributed by atoms with Crippen LogP contribution >= 0.6 is 0 Å². The number of aliphatic hydroxyl groups excluding tert-OH is 1. The molecule has 0 aliphatic carbocycles. The summed E-state index contributed by atoms with van der Waals surface area (Å²) in [6.07, 6.45) is 3.45. The van der Waals surface area contributed by atoms with E-state index in [4.69, 9.17) is 0 Å². The molecule has 0 saturated carbocycles. The summed E-state index contributed by atoms with van der Waals surface area (Å²) in [6.45, 7) is 3.11. The van der Waals surface area contributed by atoms with Gasteiger partial charge >= 0.3 is 5.69 Å². The van der Waals surface area contributed by atoms with Crippen molar-refractivity contribution in [2.75, 3.05) is 26.2 Å². The maximum atomic E-state index is 13.6. The molecule has 0 spiro atoms. The van der Waals surface area contributed by atoms with E-state index >= 15 is 0 Å². The zero-order valence-corrected chi connectivity index (χ0v) is 16.6. The lowest BCUT2D eigenvalue weighted by atomic mass is 10.1. The first-order chi connectivity index (χ1) is 14.4. The van der Waals surface area contributed by atoms with Crippen LogP contribution in [-0.2, 0) is 6.54 Å². The number of β-amino-alcohol motifs (C(OH)–C–C–N with tert-alkyl or cyclic N) is 1. The Kier molecular flexibility index (Phi) is 5.83. The number of aliphatic hydroxyl groups is 1. The highest BCUT2D eigenvalue weighted by Crippen LogP contribution is 2.23. The summed E-state index contributed by atoms with van der Waals surface area (Å²) in [4.78, 5) is 41.8. The van der Waals surface area contributed by atoms with Gasteiger partial charge in [0.2, 0.25) is 5.82 Å². The van der Waals surface area contributed by atoms with Gasteiger partial charge in [-0.3, -0.25) is 24.0 Å². The van der Waals surface area contributed by atoms with Crippen LogP contribution in [0.1, 0.15) is 41.2 Å². The van der Waals surface area contributed by atoms with E-state index in [2.05, 4.69) is 4.90 Å². The SMILES string of the molecule is O=C(c1ccc(CN2CCCCC2)cc1)N1C[C@H](O)[C@@H](n2cc(F)c(=O)[nH]c2=O)C1. The molecule has 160 valence electrons. The number of aromatic amines is 1. The molecule has 0 bridgehead atoms. The fourth-order valence-electron chi connectivity index (χ4n) is 4.23. The Morgan fingerprint density at radius 3 is 2.50 bits per heavy atom. The molecule has 2 aliphatic rings. The minimum atomic E-state index is -1.11. The number of carbonyl (C=O) groups excluding carboxylic acids is 1.